The highest BCUT2D eigenvalue weighted by Crippen LogP contribution is 2.22. The molecule has 0 atom stereocenters. The zero-order valence-corrected chi connectivity index (χ0v) is 14.5. The van der Waals surface area contributed by atoms with Crippen molar-refractivity contribution in [2.75, 3.05) is 0 Å². The lowest BCUT2D eigenvalue weighted by Gasteiger charge is -2.11. The molecule has 28 heavy (non-hydrogen) atoms. The Labute approximate surface area is 156 Å². The summed E-state index contributed by atoms with van der Waals surface area (Å²) in [7, 11) is 0. The zero-order chi connectivity index (χ0) is 21.1. The van der Waals surface area contributed by atoms with Gasteiger partial charge in [0.05, 0.1) is 0 Å². The molecule has 0 aliphatic heterocycles. The monoisotopic (exact) mass is 397 g/mol. The van der Waals surface area contributed by atoms with E-state index in [9.17, 15) is 27.5 Å². The van der Waals surface area contributed by atoms with Crippen LogP contribution in [0.2, 0.25) is 0 Å². The molecule has 0 amide bonds. The Bertz CT molecular complexity index is 1020. The number of halogens is 4. The Morgan fingerprint density at radius 1 is 1.04 bits per heavy atom. The average Bonchev–Trinajstić information content (AvgIpc) is 2.97. The second kappa shape index (κ2) is 8.12. The molecule has 0 bridgehead atoms. The van der Waals surface area contributed by atoms with Gasteiger partial charge in [-0.15, -0.1) is 0 Å². The lowest BCUT2D eigenvalue weighted by Crippen LogP contribution is -2.21. The van der Waals surface area contributed by atoms with Crippen LogP contribution in [0.3, 0.4) is 0 Å². The number of aliphatic carboxylic acids is 1. The Kier molecular flexibility index (Phi) is 6.07. The summed E-state index contributed by atoms with van der Waals surface area (Å²) in [5.41, 5.74) is 2.75. The number of carboxylic acid groups (broad SMARTS) is 2. The molecule has 3 aromatic rings. The predicted molar refractivity (Wildman–Crippen MR) is 92.8 cm³/mol. The van der Waals surface area contributed by atoms with E-state index in [4.69, 9.17) is 9.90 Å². The van der Waals surface area contributed by atoms with Crippen molar-refractivity contribution >= 4 is 22.8 Å². The van der Waals surface area contributed by atoms with Crippen molar-refractivity contribution in [1.29, 1.82) is 0 Å². The van der Waals surface area contributed by atoms with E-state index in [-0.39, 0.29) is 11.5 Å². The summed E-state index contributed by atoms with van der Waals surface area (Å²) in [4.78, 5) is 20.3. The van der Waals surface area contributed by atoms with E-state index in [0.29, 0.717) is 6.54 Å². The number of para-hydroxylation sites is 1. The number of aromatic carboxylic acids is 1. The van der Waals surface area contributed by atoms with Gasteiger partial charge in [0.2, 0.25) is 0 Å². The first kappa shape index (κ1) is 20.9. The summed E-state index contributed by atoms with van der Waals surface area (Å²) in [5.74, 6) is -4.06. The second-order valence-electron chi connectivity index (χ2n) is 5.85. The van der Waals surface area contributed by atoms with Crippen LogP contribution in [0.5, 0.6) is 0 Å². The first-order chi connectivity index (χ1) is 13.0. The zero-order valence-electron chi connectivity index (χ0n) is 14.5. The Hall–Kier alpha value is -3.36. The highest BCUT2D eigenvalue weighted by Gasteiger charge is 2.38. The maximum absolute atomic E-state index is 13.4. The van der Waals surface area contributed by atoms with Crippen molar-refractivity contribution in [3.8, 4) is 0 Å². The van der Waals surface area contributed by atoms with E-state index in [2.05, 4.69) is 0 Å². The van der Waals surface area contributed by atoms with Gasteiger partial charge in [-0.3, -0.25) is 0 Å². The fourth-order valence-corrected chi connectivity index (χ4v) is 2.54. The van der Waals surface area contributed by atoms with Gasteiger partial charge in [0, 0.05) is 17.4 Å². The number of aryl methyl sites for hydroxylation is 1. The molecule has 0 aliphatic carbocycles. The summed E-state index contributed by atoms with van der Waals surface area (Å²) in [6.07, 6.45) is -5.08. The first-order valence-electron chi connectivity index (χ1n) is 7.87. The van der Waals surface area contributed by atoms with Crippen LogP contribution in [0.15, 0.2) is 48.5 Å². The van der Waals surface area contributed by atoms with Crippen LogP contribution >= 0.6 is 0 Å². The SMILES string of the molecule is Cc1ccc(F)cc1Cn1c(C(=O)O)cc2ccccc21.O=C(O)C(F)(F)F. The molecule has 3 rings (SSSR count). The van der Waals surface area contributed by atoms with E-state index in [1.807, 2.05) is 31.2 Å². The van der Waals surface area contributed by atoms with E-state index < -0.39 is 18.1 Å². The minimum atomic E-state index is -5.08. The number of fused-ring (bicyclic) bond motifs is 1. The highest BCUT2D eigenvalue weighted by atomic mass is 19.4. The standard InChI is InChI=1S/C17H14FNO2.C2HF3O2/c1-11-6-7-14(18)8-13(11)10-19-15-5-3-2-4-12(15)9-16(19)17(20)21;3-2(4,5)1(6)7/h2-9H,10H2,1H3,(H,20,21);(H,6,7). The summed E-state index contributed by atoms with van der Waals surface area (Å²) in [6.45, 7) is 2.22. The molecular formula is C19H15F4NO4. The molecule has 2 aromatic carbocycles. The lowest BCUT2D eigenvalue weighted by molar-refractivity contribution is -0.192. The highest BCUT2D eigenvalue weighted by molar-refractivity contribution is 5.94. The molecule has 0 spiro atoms. The van der Waals surface area contributed by atoms with Crippen molar-refractivity contribution in [3.05, 3.63) is 71.2 Å². The third-order valence-corrected chi connectivity index (χ3v) is 3.91. The largest absolute Gasteiger partial charge is 0.490 e. The quantitative estimate of drug-likeness (QED) is 0.639. The minimum absolute atomic E-state index is 0.208. The van der Waals surface area contributed by atoms with Crippen molar-refractivity contribution in [1.82, 2.24) is 4.57 Å². The molecule has 0 fully saturated rings. The average molecular weight is 397 g/mol. The van der Waals surface area contributed by atoms with E-state index in [0.717, 1.165) is 22.0 Å². The molecule has 0 unspecified atom stereocenters. The number of rotatable bonds is 3. The summed E-state index contributed by atoms with van der Waals surface area (Å²) in [5, 5.41) is 17.4. The number of carbonyl (C=O) groups is 2. The van der Waals surface area contributed by atoms with Crippen molar-refractivity contribution < 1.29 is 37.4 Å². The number of carboxylic acids is 2. The van der Waals surface area contributed by atoms with Crippen LogP contribution in [-0.2, 0) is 11.3 Å². The van der Waals surface area contributed by atoms with Crippen LogP contribution in [0.25, 0.3) is 10.9 Å². The number of alkyl halides is 3. The molecule has 0 aliphatic rings. The molecule has 9 heteroatoms. The molecule has 0 radical (unpaired) electrons. The maximum Gasteiger partial charge on any atom is 0.490 e. The number of nitrogens with zero attached hydrogens (tertiary/aromatic N) is 1. The Morgan fingerprint density at radius 2 is 1.64 bits per heavy atom. The van der Waals surface area contributed by atoms with Gasteiger partial charge in [0.15, 0.2) is 0 Å². The minimum Gasteiger partial charge on any atom is -0.477 e. The van der Waals surface area contributed by atoms with E-state index in [1.165, 1.54) is 12.1 Å². The molecule has 148 valence electrons. The number of hydrogen-bond acceptors (Lipinski definition) is 2. The number of aromatic nitrogens is 1. The van der Waals surface area contributed by atoms with Crippen molar-refractivity contribution in [3.63, 3.8) is 0 Å². The third kappa shape index (κ3) is 4.87. The molecule has 1 aromatic heterocycles. The van der Waals surface area contributed by atoms with Gasteiger partial charge in [-0.05, 0) is 42.3 Å². The van der Waals surface area contributed by atoms with Crippen molar-refractivity contribution in [2.24, 2.45) is 0 Å². The fourth-order valence-electron chi connectivity index (χ4n) is 2.54. The molecule has 2 N–H and O–H groups in total. The Balaban J connectivity index is 0.000000345. The molecule has 0 saturated carbocycles. The number of benzene rings is 2. The molecule has 0 saturated heterocycles. The molecule has 5 nitrogen and oxygen atoms in total. The smallest absolute Gasteiger partial charge is 0.477 e. The summed E-state index contributed by atoms with van der Waals surface area (Å²) >= 11 is 0. The van der Waals surface area contributed by atoms with Gasteiger partial charge in [0.1, 0.15) is 11.5 Å². The van der Waals surface area contributed by atoms with Crippen LogP contribution in [-0.4, -0.2) is 32.9 Å². The van der Waals surface area contributed by atoms with E-state index >= 15 is 0 Å². The van der Waals surface area contributed by atoms with Gasteiger partial charge in [0.25, 0.3) is 0 Å². The fraction of sp³-hybridized carbons (Fsp3) is 0.158. The topological polar surface area (TPSA) is 79.5 Å². The summed E-state index contributed by atoms with van der Waals surface area (Å²) in [6, 6.07) is 13.7. The van der Waals surface area contributed by atoms with Crippen LogP contribution in [0.1, 0.15) is 21.6 Å². The van der Waals surface area contributed by atoms with Gasteiger partial charge in [-0.1, -0.05) is 24.3 Å². The second-order valence-corrected chi connectivity index (χ2v) is 5.85. The van der Waals surface area contributed by atoms with Gasteiger partial charge < -0.3 is 14.8 Å². The van der Waals surface area contributed by atoms with Crippen LogP contribution in [0, 0.1) is 12.7 Å². The van der Waals surface area contributed by atoms with Crippen molar-refractivity contribution in [2.45, 2.75) is 19.6 Å². The van der Waals surface area contributed by atoms with Crippen LogP contribution < -0.4 is 0 Å². The summed E-state index contributed by atoms with van der Waals surface area (Å²) < 4.78 is 46.9. The molecular weight excluding hydrogens is 382 g/mol. The van der Waals surface area contributed by atoms with Gasteiger partial charge in [-0.2, -0.15) is 13.2 Å². The Morgan fingerprint density at radius 3 is 2.21 bits per heavy atom. The molecule has 1 heterocycles. The third-order valence-electron chi connectivity index (χ3n) is 3.91. The van der Waals surface area contributed by atoms with Gasteiger partial charge >= 0.3 is 18.1 Å². The lowest BCUT2D eigenvalue weighted by atomic mass is 10.1. The van der Waals surface area contributed by atoms with Crippen LogP contribution in [0.4, 0.5) is 17.6 Å². The predicted octanol–water partition coefficient (Wildman–Crippen LogP) is 4.47. The van der Waals surface area contributed by atoms with E-state index in [1.54, 1.807) is 16.7 Å². The first-order valence-corrected chi connectivity index (χ1v) is 7.87. The maximum atomic E-state index is 13.4. The number of hydrogen-bond donors (Lipinski definition) is 2. The normalized spacial score (nSPS) is 11.0. The van der Waals surface area contributed by atoms with Gasteiger partial charge in [-0.25, -0.2) is 14.0 Å².